The first-order valence-corrected chi connectivity index (χ1v) is 7.22. The van der Waals surface area contributed by atoms with Crippen molar-refractivity contribution >= 4 is 12.4 Å². The van der Waals surface area contributed by atoms with Gasteiger partial charge in [-0.2, -0.15) is 0 Å². The van der Waals surface area contributed by atoms with Crippen molar-refractivity contribution in [3.8, 4) is 11.5 Å². The van der Waals surface area contributed by atoms with E-state index in [2.05, 4.69) is 5.32 Å². The minimum atomic E-state index is -0.595. The van der Waals surface area contributed by atoms with E-state index in [1.54, 1.807) is 39.0 Å². The Hall–Kier alpha value is -2.24. The number of benzene rings is 1. The van der Waals surface area contributed by atoms with E-state index in [0.717, 1.165) is 11.8 Å². The molecule has 1 aliphatic heterocycles. The Labute approximate surface area is 129 Å². The summed E-state index contributed by atoms with van der Waals surface area (Å²) < 4.78 is 16.2. The van der Waals surface area contributed by atoms with E-state index in [1.165, 1.54) is 0 Å². The third kappa shape index (κ3) is 4.38. The largest absolute Gasteiger partial charge is 0.486 e. The van der Waals surface area contributed by atoms with Crippen molar-refractivity contribution < 1.29 is 23.8 Å². The van der Waals surface area contributed by atoms with E-state index in [9.17, 15) is 9.59 Å². The number of alkyl carbamates (subject to hydrolysis) is 1. The summed E-state index contributed by atoms with van der Waals surface area (Å²) >= 11 is 0. The maximum absolute atomic E-state index is 11.9. The van der Waals surface area contributed by atoms with Crippen LogP contribution in [-0.2, 0) is 9.53 Å². The van der Waals surface area contributed by atoms with Gasteiger partial charge < -0.3 is 24.3 Å². The van der Waals surface area contributed by atoms with E-state index in [1.807, 2.05) is 0 Å². The van der Waals surface area contributed by atoms with E-state index >= 15 is 0 Å². The van der Waals surface area contributed by atoms with Gasteiger partial charge in [0, 0.05) is 6.42 Å². The molecule has 0 radical (unpaired) electrons. The number of ether oxygens (including phenoxy) is 3. The average Bonchev–Trinajstić information content (AvgIpc) is 2.44. The Kier molecular flexibility index (Phi) is 4.90. The first kappa shape index (κ1) is 16.1. The van der Waals surface area contributed by atoms with Gasteiger partial charge in [-0.1, -0.05) is 6.07 Å². The molecular formula is C16H21NO5. The number of carbonyl (C=O) groups excluding carboxylic acids is 2. The highest BCUT2D eigenvalue weighted by Gasteiger charge is 2.22. The molecule has 1 heterocycles. The molecule has 2 rings (SSSR count). The highest BCUT2D eigenvalue weighted by Crippen LogP contribution is 2.33. The van der Waals surface area contributed by atoms with Crippen LogP contribution in [0.1, 0.15) is 38.8 Å². The molecule has 0 spiro atoms. The molecule has 0 saturated carbocycles. The SMILES string of the molecule is CC(C)(C)OC(=O)N[C@@H](CC=O)c1ccc2c(c1)OCCO2. The van der Waals surface area contributed by atoms with Gasteiger partial charge in [-0.15, -0.1) is 0 Å². The fourth-order valence-corrected chi connectivity index (χ4v) is 2.10. The van der Waals surface area contributed by atoms with Crippen LogP contribution in [0.25, 0.3) is 0 Å². The molecule has 1 N–H and O–H groups in total. The number of rotatable bonds is 4. The van der Waals surface area contributed by atoms with Gasteiger partial charge in [0.1, 0.15) is 25.1 Å². The molecule has 0 bridgehead atoms. The zero-order chi connectivity index (χ0) is 16.2. The van der Waals surface area contributed by atoms with Crippen molar-refractivity contribution in [3.05, 3.63) is 23.8 Å². The smallest absolute Gasteiger partial charge is 0.408 e. The van der Waals surface area contributed by atoms with E-state index < -0.39 is 17.7 Å². The predicted octanol–water partition coefficient (Wildman–Crippen LogP) is 2.61. The maximum atomic E-state index is 11.9. The van der Waals surface area contributed by atoms with Crippen LogP contribution in [0.5, 0.6) is 11.5 Å². The summed E-state index contributed by atoms with van der Waals surface area (Å²) in [7, 11) is 0. The van der Waals surface area contributed by atoms with Gasteiger partial charge in [-0.25, -0.2) is 4.79 Å². The van der Waals surface area contributed by atoms with Crippen LogP contribution in [0, 0.1) is 0 Å². The van der Waals surface area contributed by atoms with E-state index in [4.69, 9.17) is 14.2 Å². The summed E-state index contributed by atoms with van der Waals surface area (Å²) in [6, 6.07) is 4.89. The second kappa shape index (κ2) is 6.68. The Morgan fingerprint density at radius 2 is 2.00 bits per heavy atom. The van der Waals surface area contributed by atoms with Gasteiger partial charge in [-0.05, 0) is 38.5 Å². The lowest BCUT2D eigenvalue weighted by atomic mass is 10.0. The summed E-state index contributed by atoms with van der Waals surface area (Å²) in [5, 5.41) is 2.71. The Bertz CT molecular complexity index is 550. The number of nitrogens with one attached hydrogen (secondary N) is 1. The first-order valence-electron chi connectivity index (χ1n) is 7.22. The molecule has 1 aromatic rings. The molecule has 120 valence electrons. The average molecular weight is 307 g/mol. The lowest BCUT2D eigenvalue weighted by molar-refractivity contribution is -0.108. The summed E-state index contributed by atoms with van der Waals surface area (Å²) in [6.07, 6.45) is 0.354. The van der Waals surface area contributed by atoms with Gasteiger partial charge in [0.15, 0.2) is 11.5 Å². The Morgan fingerprint density at radius 1 is 1.32 bits per heavy atom. The van der Waals surface area contributed by atoms with Crippen LogP contribution in [0.15, 0.2) is 18.2 Å². The molecule has 6 heteroatoms. The molecule has 1 amide bonds. The van der Waals surface area contributed by atoms with E-state index in [-0.39, 0.29) is 6.42 Å². The minimum absolute atomic E-state index is 0.152. The number of hydrogen-bond acceptors (Lipinski definition) is 5. The minimum Gasteiger partial charge on any atom is -0.486 e. The molecule has 6 nitrogen and oxygen atoms in total. The summed E-state index contributed by atoms with van der Waals surface area (Å²) in [6.45, 7) is 6.34. The molecular weight excluding hydrogens is 286 g/mol. The summed E-state index contributed by atoms with van der Waals surface area (Å²) in [4.78, 5) is 22.8. The van der Waals surface area contributed by atoms with Crippen LogP contribution >= 0.6 is 0 Å². The second-order valence-electron chi connectivity index (χ2n) is 6.00. The fourth-order valence-electron chi connectivity index (χ4n) is 2.10. The topological polar surface area (TPSA) is 73.9 Å². The highest BCUT2D eigenvalue weighted by molar-refractivity contribution is 5.69. The number of fused-ring (bicyclic) bond motifs is 1. The van der Waals surface area contributed by atoms with Crippen molar-refractivity contribution in [2.24, 2.45) is 0 Å². The predicted molar refractivity (Wildman–Crippen MR) is 80.2 cm³/mol. The standard InChI is InChI=1S/C16H21NO5/c1-16(2,3)22-15(19)17-12(6-7-18)11-4-5-13-14(10-11)21-9-8-20-13/h4-5,7,10,12H,6,8-9H2,1-3H3,(H,17,19)/t12-/m0/s1. The van der Waals surface area contributed by atoms with Gasteiger partial charge in [0.25, 0.3) is 0 Å². The Morgan fingerprint density at radius 3 is 2.64 bits per heavy atom. The first-order chi connectivity index (χ1) is 10.4. The van der Waals surface area contributed by atoms with Crippen LogP contribution in [0.2, 0.25) is 0 Å². The molecule has 1 atom stereocenters. The Balaban J connectivity index is 2.13. The van der Waals surface area contributed by atoms with Crippen molar-refractivity contribution in [1.82, 2.24) is 5.32 Å². The van der Waals surface area contributed by atoms with E-state index in [0.29, 0.717) is 24.7 Å². The quantitative estimate of drug-likeness (QED) is 0.866. The third-order valence-electron chi connectivity index (χ3n) is 2.99. The maximum Gasteiger partial charge on any atom is 0.408 e. The van der Waals surface area contributed by atoms with Gasteiger partial charge >= 0.3 is 6.09 Å². The number of aldehydes is 1. The molecule has 1 aliphatic rings. The van der Waals surface area contributed by atoms with Crippen molar-refractivity contribution in [2.75, 3.05) is 13.2 Å². The molecule has 1 aromatic carbocycles. The molecule has 0 unspecified atom stereocenters. The second-order valence-corrected chi connectivity index (χ2v) is 6.00. The van der Waals surface area contributed by atoms with Crippen molar-refractivity contribution in [2.45, 2.75) is 38.8 Å². The molecule has 0 aliphatic carbocycles. The zero-order valence-electron chi connectivity index (χ0n) is 13.0. The van der Waals surface area contributed by atoms with Crippen LogP contribution in [0.4, 0.5) is 4.79 Å². The number of amides is 1. The molecule has 22 heavy (non-hydrogen) atoms. The van der Waals surface area contributed by atoms with Crippen LogP contribution in [-0.4, -0.2) is 31.2 Å². The molecule has 0 aromatic heterocycles. The zero-order valence-corrected chi connectivity index (χ0v) is 13.0. The lowest BCUT2D eigenvalue weighted by Crippen LogP contribution is -2.35. The van der Waals surface area contributed by atoms with Crippen molar-refractivity contribution in [3.63, 3.8) is 0 Å². The lowest BCUT2D eigenvalue weighted by Gasteiger charge is -2.24. The normalized spacial score (nSPS) is 14.9. The number of hydrogen-bond donors (Lipinski definition) is 1. The van der Waals surface area contributed by atoms with Gasteiger partial charge in [-0.3, -0.25) is 0 Å². The van der Waals surface area contributed by atoms with Crippen LogP contribution in [0.3, 0.4) is 0 Å². The van der Waals surface area contributed by atoms with Crippen LogP contribution < -0.4 is 14.8 Å². The molecule has 0 fully saturated rings. The van der Waals surface area contributed by atoms with Gasteiger partial charge in [0.05, 0.1) is 6.04 Å². The summed E-state index contributed by atoms with van der Waals surface area (Å²) in [5.41, 5.74) is 0.171. The fraction of sp³-hybridized carbons (Fsp3) is 0.500. The van der Waals surface area contributed by atoms with Gasteiger partial charge in [0.2, 0.25) is 0 Å². The highest BCUT2D eigenvalue weighted by atomic mass is 16.6. The number of carbonyl (C=O) groups is 2. The van der Waals surface area contributed by atoms with Crippen molar-refractivity contribution in [1.29, 1.82) is 0 Å². The monoisotopic (exact) mass is 307 g/mol. The summed E-state index contributed by atoms with van der Waals surface area (Å²) in [5.74, 6) is 1.28. The third-order valence-corrected chi connectivity index (χ3v) is 2.99. The molecule has 0 saturated heterocycles.